The number of nitrogens with one attached hydrogen (secondary N) is 2. The summed E-state index contributed by atoms with van der Waals surface area (Å²) in [6.45, 7) is 9.73. The lowest BCUT2D eigenvalue weighted by Gasteiger charge is -2.34. The summed E-state index contributed by atoms with van der Waals surface area (Å²) in [5, 5.41) is 7.52. The largest absolute Gasteiger partial charge is 0.356 e. The Kier molecular flexibility index (Phi) is 10.7. The highest BCUT2D eigenvalue weighted by molar-refractivity contribution is 14.0. The number of halogens is 2. The average molecular weight is 480 g/mol. The van der Waals surface area contributed by atoms with Gasteiger partial charge in [0.15, 0.2) is 5.96 Å². The molecular weight excluding hydrogens is 449 g/mol. The summed E-state index contributed by atoms with van der Waals surface area (Å²) in [5.74, 6) is 1.42. The SMILES string of the molecule is CN=C(NCc1cccc(Cl)c1)NCC(C)CN1CCN(C)CC1.I. The molecule has 2 rings (SSSR count). The minimum atomic E-state index is 0. The van der Waals surface area contributed by atoms with E-state index in [1.165, 1.54) is 26.2 Å². The number of rotatable bonds is 6. The van der Waals surface area contributed by atoms with Crippen LogP contribution in [-0.4, -0.2) is 69.1 Å². The number of nitrogens with zero attached hydrogens (tertiary/aromatic N) is 3. The highest BCUT2D eigenvalue weighted by Gasteiger charge is 2.16. The Morgan fingerprint density at radius 1 is 1.24 bits per heavy atom. The molecule has 0 spiro atoms. The molecular formula is C18H31ClIN5. The van der Waals surface area contributed by atoms with E-state index in [9.17, 15) is 0 Å². The highest BCUT2D eigenvalue weighted by atomic mass is 127. The van der Waals surface area contributed by atoms with Crippen LogP contribution in [0.2, 0.25) is 5.02 Å². The van der Waals surface area contributed by atoms with Crippen molar-refractivity contribution in [3.8, 4) is 0 Å². The summed E-state index contributed by atoms with van der Waals surface area (Å²) >= 11 is 6.02. The lowest BCUT2D eigenvalue weighted by molar-refractivity contribution is 0.139. The predicted molar refractivity (Wildman–Crippen MR) is 118 cm³/mol. The van der Waals surface area contributed by atoms with Crippen molar-refractivity contribution in [2.75, 3.05) is 53.4 Å². The molecule has 1 aromatic carbocycles. The standard InChI is InChI=1S/C18H30ClN5.HI/c1-15(14-24-9-7-23(3)8-10-24)12-21-18(20-2)22-13-16-5-4-6-17(19)11-16;/h4-6,11,15H,7-10,12-14H2,1-3H3,(H2,20,21,22);1H. The Labute approximate surface area is 174 Å². The molecule has 0 radical (unpaired) electrons. The zero-order valence-electron chi connectivity index (χ0n) is 15.5. The van der Waals surface area contributed by atoms with Gasteiger partial charge in [0.25, 0.3) is 0 Å². The first-order chi connectivity index (χ1) is 11.6. The maximum atomic E-state index is 6.02. The fourth-order valence-electron chi connectivity index (χ4n) is 2.86. The van der Waals surface area contributed by atoms with E-state index < -0.39 is 0 Å². The van der Waals surface area contributed by atoms with Crippen molar-refractivity contribution in [3.05, 3.63) is 34.9 Å². The Morgan fingerprint density at radius 2 is 1.96 bits per heavy atom. The molecule has 1 aliphatic heterocycles. The second kappa shape index (κ2) is 11.9. The maximum Gasteiger partial charge on any atom is 0.191 e. The van der Waals surface area contributed by atoms with E-state index >= 15 is 0 Å². The average Bonchev–Trinajstić information content (AvgIpc) is 2.57. The molecule has 0 bridgehead atoms. The van der Waals surface area contributed by atoms with E-state index in [-0.39, 0.29) is 24.0 Å². The number of likely N-dealkylation sites (N-methyl/N-ethyl adjacent to an activating group) is 1. The molecule has 1 saturated heterocycles. The van der Waals surface area contributed by atoms with Crippen LogP contribution in [0.5, 0.6) is 0 Å². The first-order valence-corrected chi connectivity index (χ1v) is 9.04. The fraction of sp³-hybridized carbons (Fsp3) is 0.611. The van der Waals surface area contributed by atoms with E-state index in [4.69, 9.17) is 11.6 Å². The first-order valence-electron chi connectivity index (χ1n) is 8.66. The number of benzene rings is 1. The summed E-state index contributed by atoms with van der Waals surface area (Å²) in [4.78, 5) is 9.24. The van der Waals surface area contributed by atoms with Crippen LogP contribution < -0.4 is 10.6 Å². The molecule has 1 heterocycles. The van der Waals surface area contributed by atoms with Gasteiger partial charge in [-0.2, -0.15) is 0 Å². The number of hydrogen-bond donors (Lipinski definition) is 2. The maximum absolute atomic E-state index is 6.02. The van der Waals surface area contributed by atoms with Crippen molar-refractivity contribution >= 4 is 41.5 Å². The van der Waals surface area contributed by atoms with E-state index in [0.29, 0.717) is 12.5 Å². The van der Waals surface area contributed by atoms with Gasteiger partial charge in [0.1, 0.15) is 0 Å². The van der Waals surface area contributed by atoms with Crippen LogP contribution in [0.1, 0.15) is 12.5 Å². The molecule has 0 saturated carbocycles. The van der Waals surface area contributed by atoms with Crippen molar-refractivity contribution in [1.82, 2.24) is 20.4 Å². The molecule has 1 unspecified atom stereocenters. The molecule has 1 aliphatic rings. The third-order valence-corrected chi connectivity index (χ3v) is 4.59. The monoisotopic (exact) mass is 479 g/mol. The summed E-state index contributed by atoms with van der Waals surface area (Å²) in [7, 11) is 4.00. The molecule has 25 heavy (non-hydrogen) atoms. The Balaban J connectivity index is 0.00000312. The molecule has 0 aliphatic carbocycles. The summed E-state index contributed by atoms with van der Waals surface area (Å²) in [6, 6.07) is 7.88. The summed E-state index contributed by atoms with van der Waals surface area (Å²) in [5.41, 5.74) is 1.15. The summed E-state index contributed by atoms with van der Waals surface area (Å²) in [6.07, 6.45) is 0. The van der Waals surface area contributed by atoms with Gasteiger partial charge in [-0.3, -0.25) is 4.99 Å². The van der Waals surface area contributed by atoms with Gasteiger partial charge in [-0.25, -0.2) is 0 Å². The molecule has 7 heteroatoms. The second-order valence-electron chi connectivity index (χ2n) is 6.65. The van der Waals surface area contributed by atoms with Crippen molar-refractivity contribution in [2.24, 2.45) is 10.9 Å². The van der Waals surface area contributed by atoms with Gasteiger partial charge in [0.05, 0.1) is 0 Å². The Bertz CT molecular complexity index is 532. The molecule has 2 N–H and O–H groups in total. The van der Waals surface area contributed by atoms with Gasteiger partial charge < -0.3 is 20.4 Å². The van der Waals surface area contributed by atoms with E-state index in [1.807, 2.05) is 18.2 Å². The number of piperazine rings is 1. The van der Waals surface area contributed by atoms with Gasteiger partial charge in [-0.1, -0.05) is 30.7 Å². The van der Waals surface area contributed by atoms with Crippen molar-refractivity contribution < 1.29 is 0 Å². The molecule has 1 aromatic rings. The molecule has 0 aromatic heterocycles. The van der Waals surface area contributed by atoms with Crippen LogP contribution in [0.4, 0.5) is 0 Å². The predicted octanol–water partition coefficient (Wildman–Crippen LogP) is 2.51. The van der Waals surface area contributed by atoms with Crippen LogP contribution in [0.15, 0.2) is 29.3 Å². The first kappa shape index (κ1) is 22.5. The van der Waals surface area contributed by atoms with Gasteiger partial charge in [0.2, 0.25) is 0 Å². The second-order valence-corrected chi connectivity index (χ2v) is 7.08. The fourth-order valence-corrected chi connectivity index (χ4v) is 3.07. The topological polar surface area (TPSA) is 42.9 Å². The van der Waals surface area contributed by atoms with Gasteiger partial charge in [-0.05, 0) is 30.7 Å². The van der Waals surface area contributed by atoms with Gasteiger partial charge in [0, 0.05) is 57.9 Å². The normalized spacial score (nSPS) is 17.7. The van der Waals surface area contributed by atoms with Crippen molar-refractivity contribution in [2.45, 2.75) is 13.5 Å². The zero-order valence-corrected chi connectivity index (χ0v) is 18.6. The number of hydrogen-bond acceptors (Lipinski definition) is 3. The lowest BCUT2D eigenvalue weighted by Crippen LogP contribution is -2.47. The van der Waals surface area contributed by atoms with Crippen LogP contribution >= 0.6 is 35.6 Å². The van der Waals surface area contributed by atoms with Gasteiger partial charge in [-0.15, -0.1) is 24.0 Å². The quantitative estimate of drug-likeness (QED) is 0.374. The van der Waals surface area contributed by atoms with Crippen LogP contribution in [0, 0.1) is 5.92 Å². The zero-order chi connectivity index (χ0) is 17.4. The lowest BCUT2D eigenvalue weighted by atomic mass is 10.1. The molecule has 142 valence electrons. The number of guanidine groups is 1. The van der Waals surface area contributed by atoms with E-state index in [1.54, 1.807) is 7.05 Å². The number of aliphatic imine (C=N–C) groups is 1. The van der Waals surface area contributed by atoms with E-state index in [0.717, 1.165) is 29.6 Å². The molecule has 1 atom stereocenters. The van der Waals surface area contributed by atoms with Gasteiger partial charge >= 0.3 is 0 Å². The van der Waals surface area contributed by atoms with Crippen LogP contribution in [0.25, 0.3) is 0 Å². The Morgan fingerprint density at radius 3 is 2.60 bits per heavy atom. The third-order valence-electron chi connectivity index (χ3n) is 4.36. The van der Waals surface area contributed by atoms with Crippen molar-refractivity contribution in [3.63, 3.8) is 0 Å². The minimum absolute atomic E-state index is 0. The highest BCUT2D eigenvalue weighted by Crippen LogP contribution is 2.10. The van der Waals surface area contributed by atoms with Crippen LogP contribution in [-0.2, 0) is 6.54 Å². The molecule has 0 amide bonds. The van der Waals surface area contributed by atoms with E-state index in [2.05, 4.69) is 45.5 Å². The Hall–Kier alpha value is -0.570. The molecule has 1 fully saturated rings. The molecule has 5 nitrogen and oxygen atoms in total. The third kappa shape index (κ3) is 8.57. The van der Waals surface area contributed by atoms with Crippen molar-refractivity contribution in [1.29, 1.82) is 0 Å². The smallest absolute Gasteiger partial charge is 0.191 e. The van der Waals surface area contributed by atoms with Crippen LogP contribution in [0.3, 0.4) is 0 Å². The minimum Gasteiger partial charge on any atom is -0.356 e. The summed E-state index contributed by atoms with van der Waals surface area (Å²) < 4.78 is 0.